The highest BCUT2D eigenvalue weighted by molar-refractivity contribution is 8.05. The average molecular weight is 509 g/mol. The summed E-state index contributed by atoms with van der Waals surface area (Å²) in [4.78, 5) is 38.1. The number of nitro groups is 1. The van der Waals surface area contributed by atoms with Gasteiger partial charge < -0.3 is 4.43 Å². The number of benzene rings is 1. The number of fused-ring (bicyclic) bond motifs is 1. The number of nitrogens with zero attached hydrogens (tertiary/aromatic N) is 2. The van der Waals surface area contributed by atoms with Crippen molar-refractivity contribution in [1.29, 1.82) is 0 Å². The molecule has 10 heteroatoms. The van der Waals surface area contributed by atoms with Gasteiger partial charge in [-0.2, -0.15) is 0 Å². The smallest absolute Gasteiger partial charge is 0.269 e. The minimum Gasteiger partial charge on any atom is -0.413 e. The predicted octanol–water partition coefficient (Wildman–Crippen LogP) is 5.53. The summed E-state index contributed by atoms with van der Waals surface area (Å²) in [5.41, 5.74) is 1.20. The number of rotatable bonds is 8. The number of hydrogen-bond donors (Lipinski definition) is 1. The van der Waals surface area contributed by atoms with E-state index in [0.29, 0.717) is 18.5 Å². The lowest BCUT2D eigenvalue weighted by Gasteiger charge is -2.57. The Morgan fingerprint density at radius 2 is 1.91 bits per heavy atom. The van der Waals surface area contributed by atoms with Crippen LogP contribution in [-0.4, -0.2) is 40.1 Å². The third kappa shape index (κ3) is 4.42. The first-order chi connectivity index (χ1) is 15.2. The van der Waals surface area contributed by atoms with Crippen molar-refractivity contribution in [3.63, 3.8) is 0 Å². The Labute approximate surface area is 206 Å². The maximum atomic E-state index is 13.5. The van der Waals surface area contributed by atoms with Gasteiger partial charge >= 0.3 is 0 Å². The van der Waals surface area contributed by atoms with Crippen molar-refractivity contribution in [1.82, 2.24) is 4.90 Å². The highest BCUT2D eigenvalue weighted by Gasteiger charge is 2.68. The lowest BCUT2D eigenvalue weighted by atomic mass is 9.77. The summed E-state index contributed by atoms with van der Waals surface area (Å²) < 4.78 is 6.74. The summed E-state index contributed by atoms with van der Waals surface area (Å²) in [7, 11) is -2.16. The molecule has 3 atom stereocenters. The fourth-order valence-electron chi connectivity index (χ4n) is 4.36. The number of hydrogen-bond acceptors (Lipinski definition) is 6. The van der Waals surface area contributed by atoms with Crippen LogP contribution in [0.5, 0.6) is 0 Å². The summed E-state index contributed by atoms with van der Waals surface area (Å²) in [5.74, 6) is -0.554. The number of allylic oxidation sites excluding steroid dienone is 1. The molecule has 1 amide bonds. The molecule has 0 unspecified atom stereocenters. The van der Waals surface area contributed by atoms with Gasteiger partial charge in [-0.1, -0.05) is 64.2 Å². The van der Waals surface area contributed by atoms with Crippen molar-refractivity contribution < 1.29 is 18.9 Å². The number of β-lactam (4-membered cyclic amide) rings is 1. The van der Waals surface area contributed by atoms with Crippen molar-refractivity contribution in [3.05, 3.63) is 50.5 Å². The highest BCUT2D eigenvalue weighted by atomic mass is 32.2. The van der Waals surface area contributed by atoms with Crippen LogP contribution in [0.1, 0.15) is 46.6 Å². The van der Waals surface area contributed by atoms with Crippen molar-refractivity contribution in [2.45, 2.75) is 76.6 Å². The van der Waals surface area contributed by atoms with Crippen LogP contribution < -0.4 is 0 Å². The lowest BCUT2D eigenvalue weighted by Crippen LogP contribution is -2.72. The number of nitro benzene ring substituents is 1. The third-order valence-corrected chi connectivity index (χ3v) is 13.2. The minimum absolute atomic E-state index is 0.0123. The van der Waals surface area contributed by atoms with E-state index in [9.17, 15) is 19.7 Å². The number of carbonyl (C=O) groups excluding carboxylic acids is 2. The maximum absolute atomic E-state index is 13.5. The Kier molecular flexibility index (Phi) is 6.98. The fraction of sp³-hybridized carbons (Fsp3) is 0.565. The van der Waals surface area contributed by atoms with Gasteiger partial charge in [-0.15, -0.1) is 0 Å². The molecule has 0 radical (unpaired) electrons. The number of thioether (sulfide) groups is 1. The predicted molar refractivity (Wildman–Crippen MR) is 137 cm³/mol. The van der Waals surface area contributed by atoms with Gasteiger partial charge in [-0.05, 0) is 37.0 Å². The van der Waals surface area contributed by atoms with E-state index >= 15 is 0 Å². The zero-order valence-corrected chi connectivity index (χ0v) is 22.9. The van der Waals surface area contributed by atoms with Crippen LogP contribution in [0.15, 0.2) is 34.9 Å². The molecule has 1 saturated heterocycles. The Bertz CT molecular complexity index is 1020. The van der Waals surface area contributed by atoms with Crippen LogP contribution >= 0.6 is 24.4 Å². The van der Waals surface area contributed by atoms with E-state index in [0.717, 1.165) is 10.5 Å². The van der Waals surface area contributed by atoms with Crippen molar-refractivity contribution in [2.75, 3.05) is 0 Å². The van der Waals surface area contributed by atoms with Crippen molar-refractivity contribution in [3.8, 4) is 0 Å². The quantitative estimate of drug-likeness (QED) is 0.163. The van der Waals surface area contributed by atoms with Gasteiger partial charge in [0, 0.05) is 23.5 Å². The molecule has 1 aromatic rings. The average Bonchev–Trinajstić information content (AvgIpc) is 2.95. The largest absolute Gasteiger partial charge is 0.413 e. The summed E-state index contributed by atoms with van der Waals surface area (Å²) in [6.45, 7) is 14.7. The Balaban J connectivity index is 2.02. The van der Waals surface area contributed by atoms with Crippen LogP contribution in [0.3, 0.4) is 0 Å². The number of amides is 1. The maximum Gasteiger partial charge on any atom is 0.269 e. The molecule has 1 aromatic carbocycles. The number of thiol groups is 1. The van der Waals surface area contributed by atoms with Gasteiger partial charge in [0.1, 0.15) is 10.6 Å². The topological polar surface area (TPSA) is 89.8 Å². The van der Waals surface area contributed by atoms with Gasteiger partial charge in [0.05, 0.1) is 16.9 Å². The standard InChI is InChI=1S/C23H32N2O5S2Si/c1-8-17(30-33(6,7)22(3,4)5)18-20(26)24-19(21(27)31)14(2)32-23(18,24)13-15-9-11-16(12-10-15)25(28)29/h9-12,17-18H,8,13H2,1-7H3,(H,27,31)/t17-,18+,23+/m0/s1. The summed E-state index contributed by atoms with van der Waals surface area (Å²) in [6, 6.07) is 6.38. The first-order valence-corrected chi connectivity index (χ1v) is 15.2. The molecule has 180 valence electrons. The normalized spacial score (nSPS) is 23.9. The van der Waals surface area contributed by atoms with Crippen LogP contribution in [0.2, 0.25) is 18.1 Å². The zero-order valence-electron chi connectivity index (χ0n) is 20.2. The summed E-state index contributed by atoms with van der Waals surface area (Å²) >= 11 is 5.54. The third-order valence-electron chi connectivity index (χ3n) is 7.07. The molecule has 2 aliphatic rings. The van der Waals surface area contributed by atoms with Gasteiger partial charge in [-0.25, -0.2) is 0 Å². The number of non-ortho nitro benzene ring substituents is 1. The molecular formula is C23H32N2O5S2Si. The Hall–Kier alpha value is -1.62. The lowest BCUT2D eigenvalue weighted by molar-refractivity contribution is -0.384. The van der Waals surface area contributed by atoms with Gasteiger partial charge in [0.25, 0.3) is 5.69 Å². The molecule has 33 heavy (non-hydrogen) atoms. The SMILES string of the molecule is CC[C@H](O[Si](C)(C)C(C)(C)C)[C@@H]1C(=O)N2C(C(=O)S)=C(C)S[C@]12Cc1ccc([N+](=O)[O-])cc1. The van der Waals surface area contributed by atoms with Crippen molar-refractivity contribution in [2.24, 2.45) is 5.92 Å². The molecule has 0 aliphatic carbocycles. The van der Waals surface area contributed by atoms with Crippen LogP contribution in [0.25, 0.3) is 0 Å². The van der Waals surface area contributed by atoms with Crippen LogP contribution in [-0.2, 0) is 20.4 Å². The molecule has 0 N–H and O–H groups in total. The van der Waals surface area contributed by atoms with Gasteiger partial charge in [0.15, 0.2) is 8.32 Å². The van der Waals surface area contributed by atoms with E-state index in [2.05, 4.69) is 46.5 Å². The van der Waals surface area contributed by atoms with Gasteiger partial charge in [-0.3, -0.25) is 24.6 Å². The molecular weight excluding hydrogens is 476 g/mol. The Morgan fingerprint density at radius 1 is 1.33 bits per heavy atom. The first kappa shape index (κ1) is 26.0. The molecule has 0 saturated carbocycles. The number of carbonyl (C=O) groups is 2. The monoisotopic (exact) mass is 508 g/mol. The second-order valence-electron chi connectivity index (χ2n) is 10.2. The molecule has 2 aliphatic heterocycles. The minimum atomic E-state index is -2.16. The Morgan fingerprint density at radius 3 is 2.36 bits per heavy atom. The van der Waals surface area contributed by atoms with Crippen LogP contribution in [0.4, 0.5) is 5.69 Å². The fourth-order valence-corrected chi connectivity index (χ4v) is 7.82. The molecule has 0 bridgehead atoms. The second kappa shape index (κ2) is 8.87. The second-order valence-corrected chi connectivity index (χ2v) is 16.9. The van der Waals surface area contributed by atoms with Gasteiger partial charge in [0.2, 0.25) is 11.0 Å². The summed E-state index contributed by atoms with van der Waals surface area (Å²) in [6.07, 6.45) is 0.829. The highest BCUT2D eigenvalue weighted by Crippen LogP contribution is 2.61. The summed E-state index contributed by atoms with van der Waals surface area (Å²) in [5, 5.41) is 10.6. The molecule has 2 heterocycles. The van der Waals surface area contributed by atoms with E-state index in [1.165, 1.54) is 23.9 Å². The van der Waals surface area contributed by atoms with Crippen molar-refractivity contribution >= 4 is 49.4 Å². The molecule has 0 aromatic heterocycles. The van der Waals surface area contributed by atoms with Crippen LogP contribution in [0, 0.1) is 16.0 Å². The molecule has 3 rings (SSSR count). The van der Waals surface area contributed by atoms with E-state index in [4.69, 9.17) is 4.43 Å². The van der Waals surface area contributed by atoms with E-state index in [1.807, 2.05) is 13.8 Å². The molecule has 1 fully saturated rings. The zero-order chi connectivity index (χ0) is 24.9. The van der Waals surface area contributed by atoms with E-state index in [-0.39, 0.29) is 22.7 Å². The van der Waals surface area contributed by atoms with E-state index < -0.39 is 29.1 Å². The first-order valence-electron chi connectivity index (χ1n) is 11.0. The van der Waals surface area contributed by atoms with E-state index in [1.54, 1.807) is 17.0 Å². The molecule has 7 nitrogen and oxygen atoms in total. The molecule has 0 spiro atoms.